The lowest BCUT2D eigenvalue weighted by atomic mass is 9.98. The van der Waals surface area contributed by atoms with Crippen molar-refractivity contribution in [1.82, 2.24) is 5.32 Å². The van der Waals surface area contributed by atoms with Crippen LogP contribution in [-0.2, 0) is 0 Å². The van der Waals surface area contributed by atoms with Gasteiger partial charge >= 0.3 is 0 Å². The van der Waals surface area contributed by atoms with Crippen LogP contribution in [0, 0.1) is 12.8 Å². The van der Waals surface area contributed by atoms with E-state index < -0.39 is 0 Å². The Morgan fingerprint density at radius 2 is 2.11 bits per heavy atom. The highest BCUT2D eigenvalue weighted by Gasteiger charge is 2.27. The molecule has 3 nitrogen and oxygen atoms in total. The van der Waals surface area contributed by atoms with E-state index >= 15 is 0 Å². The first-order valence-corrected chi connectivity index (χ1v) is 7.17. The number of nitrogens with zero attached hydrogens (tertiary/aromatic N) is 1. The smallest absolute Gasteiger partial charge is 0.119 e. The van der Waals surface area contributed by atoms with Crippen molar-refractivity contribution in [2.45, 2.75) is 39.8 Å². The molecule has 1 heterocycles. The predicted molar refractivity (Wildman–Crippen MR) is 81.2 cm³/mol. The molecule has 0 radical (unpaired) electrons. The number of methoxy groups -OCH3 is 1. The number of nitrogens with one attached hydrogen (secondary N) is 1. The molecule has 0 amide bonds. The molecule has 0 saturated carbocycles. The maximum Gasteiger partial charge on any atom is 0.119 e. The molecule has 0 spiro atoms. The molecule has 1 aliphatic rings. The van der Waals surface area contributed by atoms with Crippen LogP contribution < -0.4 is 15.0 Å². The molecule has 1 aromatic rings. The second-order valence-corrected chi connectivity index (χ2v) is 5.91. The predicted octanol–water partition coefficient (Wildman–Crippen LogP) is 2.83. The van der Waals surface area contributed by atoms with Crippen LogP contribution in [0.25, 0.3) is 0 Å². The summed E-state index contributed by atoms with van der Waals surface area (Å²) in [5.74, 6) is 1.60. The average molecular weight is 262 g/mol. The maximum absolute atomic E-state index is 5.29. The van der Waals surface area contributed by atoms with Gasteiger partial charge in [-0.1, -0.05) is 13.8 Å². The molecule has 1 fully saturated rings. The van der Waals surface area contributed by atoms with E-state index in [1.54, 1.807) is 7.11 Å². The lowest BCUT2D eigenvalue weighted by Gasteiger charge is -2.42. The summed E-state index contributed by atoms with van der Waals surface area (Å²) in [6.45, 7) is 11.1. The summed E-state index contributed by atoms with van der Waals surface area (Å²) in [7, 11) is 1.72. The van der Waals surface area contributed by atoms with Crippen LogP contribution >= 0.6 is 0 Å². The number of rotatable bonds is 3. The molecule has 1 saturated heterocycles. The van der Waals surface area contributed by atoms with Crippen LogP contribution in [0.15, 0.2) is 18.2 Å². The van der Waals surface area contributed by atoms with Gasteiger partial charge < -0.3 is 15.0 Å². The van der Waals surface area contributed by atoms with Crippen molar-refractivity contribution < 1.29 is 4.74 Å². The number of hydrogen-bond donors (Lipinski definition) is 1. The summed E-state index contributed by atoms with van der Waals surface area (Å²) >= 11 is 0. The Morgan fingerprint density at radius 1 is 1.37 bits per heavy atom. The Hall–Kier alpha value is -1.22. The molecule has 2 atom stereocenters. The minimum atomic E-state index is 0.530. The van der Waals surface area contributed by atoms with Gasteiger partial charge in [0.1, 0.15) is 5.75 Å². The zero-order valence-corrected chi connectivity index (χ0v) is 12.7. The second kappa shape index (κ2) is 5.83. The van der Waals surface area contributed by atoms with Gasteiger partial charge in [0.2, 0.25) is 0 Å². The first-order valence-electron chi connectivity index (χ1n) is 7.17. The topological polar surface area (TPSA) is 24.5 Å². The van der Waals surface area contributed by atoms with Gasteiger partial charge in [-0.15, -0.1) is 0 Å². The molecule has 19 heavy (non-hydrogen) atoms. The zero-order valence-electron chi connectivity index (χ0n) is 12.7. The molecule has 3 heteroatoms. The summed E-state index contributed by atoms with van der Waals surface area (Å²) < 4.78 is 5.29. The third kappa shape index (κ3) is 3.03. The summed E-state index contributed by atoms with van der Waals surface area (Å²) in [6, 6.07) is 7.46. The van der Waals surface area contributed by atoms with Crippen LogP contribution in [-0.4, -0.2) is 32.3 Å². The summed E-state index contributed by atoms with van der Waals surface area (Å²) in [5.41, 5.74) is 2.62. The molecule has 106 valence electrons. The fraction of sp³-hybridized carbons (Fsp3) is 0.625. The third-order valence-electron chi connectivity index (χ3n) is 4.12. The standard InChI is InChI=1S/C16H26N2O/c1-11(2)15-10-18(13(4)9-17-15)16-7-6-14(19-5)8-12(16)3/h6-8,11,13,15,17H,9-10H2,1-5H3. The Kier molecular flexibility index (Phi) is 4.35. The van der Waals surface area contributed by atoms with Crippen molar-refractivity contribution >= 4 is 5.69 Å². The van der Waals surface area contributed by atoms with E-state index in [0.29, 0.717) is 18.0 Å². The molecule has 0 aromatic heterocycles. The van der Waals surface area contributed by atoms with E-state index in [-0.39, 0.29) is 0 Å². The second-order valence-electron chi connectivity index (χ2n) is 5.91. The van der Waals surface area contributed by atoms with Gasteiger partial charge in [-0.2, -0.15) is 0 Å². The van der Waals surface area contributed by atoms with Crippen molar-refractivity contribution in [3.63, 3.8) is 0 Å². The van der Waals surface area contributed by atoms with Crippen LogP contribution in [0.5, 0.6) is 5.75 Å². The van der Waals surface area contributed by atoms with Crippen molar-refractivity contribution in [1.29, 1.82) is 0 Å². The van der Waals surface area contributed by atoms with Gasteiger partial charge in [0.25, 0.3) is 0 Å². The van der Waals surface area contributed by atoms with Gasteiger partial charge in [-0.25, -0.2) is 0 Å². The highest BCUT2D eigenvalue weighted by Crippen LogP contribution is 2.28. The quantitative estimate of drug-likeness (QED) is 0.906. The monoisotopic (exact) mass is 262 g/mol. The van der Waals surface area contributed by atoms with Crippen LogP contribution in [0.1, 0.15) is 26.3 Å². The summed E-state index contributed by atoms with van der Waals surface area (Å²) in [4.78, 5) is 2.52. The van der Waals surface area contributed by atoms with Crippen LogP contribution in [0.2, 0.25) is 0 Å². The molecule has 1 aromatic carbocycles. The average Bonchev–Trinajstić information content (AvgIpc) is 2.39. The van der Waals surface area contributed by atoms with Gasteiger partial charge in [-0.3, -0.25) is 0 Å². The highest BCUT2D eigenvalue weighted by molar-refractivity contribution is 5.57. The molecule has 0 bridgehead atoms. The first-order chi connectivity index (χ1) is 9.02. The van der Waals surface area contributed by atoms with Crippen LogP contribution in [0.3, 0.4) is 0 Å². The SMILES string of the molecule is COc1ccc(N2CC(C(C)C)NCC2C)c(C)c1. The fourth-order valence-electron chi connectivity index (χ4n) is 2.75. The van der Waals surface area contributed by atoms with Gasteiger partial charge in [-0.05, 0) is 43.5 Å². The van der Waals surface area contributed by atoms with E-state index in [9.17, 15) is 0 Å². The highest BCUT2D eigenvalue weighted by atomic mass is 16.5. The molecular formula is C16H26N2O. The van der Waals surface area contributed by atoms with Crippen molar-refractivity contribution in [2.24, 2.45) is 5.92 Å². The fourth-order valence-corrected chi connectivity index (χ4v) is 2.75. The van der Waals surface area contributed by atoms with E-state index in [1.165, 1.54) is 11.3 Å². The minimum Gasteiger partial charge on any atom is -0.497 e. The Balaban J connectivity index is 2.23. The largest absolute Gasteiger partial charge is 0.497 e. The molecular weight excluding hydrogens is 236 g/mol. The van der Waals surface area contributed by atoms with E-state index in [0.717, 1.165) is 18.8 Å². The molecule has 1 aliphatic heterocycles. The molecule has 2 rings (SSSR count). The van der Waals surface area contributed by atoms with E-state index in [2.05, 4.69) is 56.1 Å². The maximum atomic E-state index is 5.29. The van der Waals surface area contributed by atoms with E-state index in [1.807, 2.05) is 0 Å². The van der Waals surface area contributed by atoms with Gasteiger partial charge in [0.05, 0.1) is 7.11 Å². The van der Waals surface area contributed by atoms with Crippen molar-refractivity contribution in [3.8, 4) is 5.75 Å². The van der Waals surface area contributed by atoms with Crippen molar-refractivity contribution in [2.75, 3.05) is 25.1 Å². The minimum absolute atomic E-state index is 0.530. The van der Waals surface area contributed by atoms with E-state index in [4.69, 9.17) is 4.74 Å². The number of piperazine rings is 1. The van der Waals surface area contributed by atoms with Gasteiger partial charge in [0, 0.05) is 30.9 Å². The third-order valence-corrected chi connectivity index (χ3v) is 4.12. The number of aryl methyl sites for hydroxylation is 1. The van der Waals surface area contributed by atoms with Crippen molar-refractivity contribution in [3.05, 3.63) is 23.8 Å². The normalized spacial score (nSPS) is 23.8. The summed E-state index contributed by atoms with van der Waals surface area (Å²) in [5, 5.41) is 3.64. The zero-order chi connectivity index (χ0) is 14.0. The lowest BCUT2D eigenvalue weighted by Crippen LogP contribution is -2.57. The summed E-state index contributed by atoms with van der Waals surface area (Å²) in [6.07, 6.45) is 0. The Labute approximate surface area is 116 Å². The van der Waals surface area contributed by atoms with Crippen LogP contribution in [0.4, 0.5) is 5.69 Å². The Bertz CT molecular complexity index is 431. The molecule has 1 N–H and O–H groups in total. The lowest BCUT2D eigenvalue weighted by molar-refractivity contribution is 0.336. The first kappa shape index (κ1) is 14.2. The number of anilines is 1. The molecule has 0 aliphatic carbocycles. The number of hydrogen-bond acceptors (Lipinski definition) is 3. The number of ether oxygens (including phenoxy) is 1. The Morgan fingerprint density at radius 3 is 2.68 bits per heavy atom. The molecule has 2 unspecified atom stereocenters. The van der Waals surface area contributed by atoms with Gasteiger partial charge in [0.15, 0.2) is 0 Å². The number of benzene rings is 1.